The maximum atomic E-state index is 12.3. The summed E-state index contributed by atoms with van der Waals surface area (Å²) in [4.78, 5) is 17.4. The highest BCUT2D eigenvalue weighted by atomic mass is 16.5. The van der Waals surface area contributed by atoms with E-state index in [0.29, 0.717) is 11.5 Å². The van der Waals surface area contributed by atoms with Crippen molar-refractivity contribution in [3.8, 4) is 0 Å². The second kappa shape index (κ2) is 5.74. The minimum Gasteiger partial charge on any atom is -0.497 e. The van der Waals surface area contributed by atoms with Crippen molar-refractivity contribution in [1.82, 2.24) is 4.98 Å². The van der Waals surface area contributed by atoms with Crippen molar-refractivity contribution in [2.24, 2.45) is 11.8 Å². The van der Waals surface area contributed by atoms with Crippen LogP contribution in [0.5, 0.6) is 0 Å². The number of rotatable bonds is 1. The smallest absolute Gasteiger partial charge is 0.337 e. The van der Waals surface area contributed by atoms with Gasteiger partial charge in [0.2, 0.25) is 0 Å². The summed E-state index contributed by atoms with van der Waals surface area (Å²) >= 11 is 0. The number of hydrogen-bond donors (Lipinski definition) is 2. The van der Waals surface area contributed by atoms with Gasteiger partial charge in [0.05, 0.1) is 31.4 Å². The summed E-state index contributed by atoms with van der Waals surface area (Å²) in [6.45, 7) is 4.06. The summed E-state index contributed by atoms with van der Waals surface area (Å²) in [6.07, 6.45) is 4.96. The molecule has 4 atom stereocenters. The van der Waals surface area contributed by atoms with Crippen LogP contribution in [0.1, 0.15) is 13.3 Å². The minimum atomic E-state index is -0.268. The number of methoxy groups -OCH3 is 1. The lowest BCUT2D eigenvalue weighted by Gasteiger charge is -2.42. The van der Waals surface area contributed by atoms with Crippen molar-refractivity contribution in [3.05, 3.63) is 46.7 Å². The average Bonchev–Trinajstić information content (AvgIpc) is 3.06. The van der Waals surface area contributed by atoms with E-state index in [1.165, 1.54) is 39.2 Å². The number of carbonyl (C=O) groups excluding carboxylic acids is 1. The number of fused-ring (bicyclic) bond motifs is 5. The predicted octanol–water partition coefficient (Wildman–Crippen LogP) is 0.0668. The number of benzene rings is 1. The molecule has 5 rings (SSSR count). The molecule has 5 nitrogen and oxygen atoms in total. The van der Waals surface area contributed by atoms with Crippen molar-refractivity contribution in [2.45, 2.75) is 19.4 Å². The van der Waals surface area contributed by atoms with Crippen LogP contribution in [-0.2, 0) is 14.3 Å². The first-order valence-electron chi connectivity index (χ1n) is 9.26. The third kappa shape index (κ3) is 2.16. The summed E-state index contributed by atoms with van der Waals surface area (Å²) in [5.41, 5.74) is 3.23. The SMILES string of the molecule is COC(=O)C1=COC(C)C2C[NH+]3CC=c4c([nH]c5ccccc45)=C3CC12. The maximum Gasteiger partial charge on any atom is 0.337 e. The van der Waals surface area contributed by atoms with Crippen LogP contribution in [0.15, 0.2) is 36.1 Å². The molecule has 4 heterocycles. The van der Waals surface area contributed by atoms with E-state index in [9.17, 15) is 4.79 Å². The van der Waals surface area contributed by atoms with Gasteiger partial charge < -0.3 is 19.4 Å². The molecule has 3 aliphatic heterocycles. The summed E-state index contributed by atoms with van der Waals surface area (Å²) in [5.74, 6) is 0.213. The number of H-pyrrole nitrogens is 1. The van der Waals surface area contributed by atoms with Gasteiger partial charge in [0.15, 0.2) is 0 Å². The van der Waals surface area contributed by atoms with E-state index in [4.69, 9.17) is 9.47 Å². The highest BCUT2D eigenvalue weighted by Gasteiger charge is 2.46. The first-order valence-corrected chi connectivity index (χ1v) is 9.26. The first-order chi connectivity index (χ1) is 12.7. The third-order valence-corrected chi connectivity index (χ3v) is 6.28. The van der Waals surface area contributed by atoms with Crippen molar-refractivity contribution in [3.63, 3.8) is 0 Å². The zero-order valence-corrected chi connectivity index (χ0v) is 15.0. The van der Waals surface area contributed by atoms with Gasteiger partial charge >= 0.3 is 5.97 Å². The van der Waals surface area contributed by atoms with Crippen LogP contribution in [0.3, 0.4) is 0 Å². The molecule has 0 amide bonds. The largest absolute Gasteiger partial charge is 0.497 e. The molecule has 0 aliphatic carbocycles. The predicted molar refractivity (Wildman–Crippen MR) is 98.4 cm³/mol. The normalized spacial score (nSPS) is 29.6. The van der Waals surface area contributed by atoms with E-state index in [-0.39, 0.29) is 18.0 Å². The Bertz CT molecular complexity index is 1050. The van der Waals surface area contributed by atoms with E-state index in [1.807, 2.05) is 0 Å². The Morgan fingerprint density at radius 3 is 3.04 bits per heavy atom. The number of para-hydroxylation sites is 1. The van der Waals surface area contributed by atoms with Gasteiger partial charge in [-0.15, -0.1) is 0 Å². The van der Waals surface area contributed by atoms with Gasteiger partial charge in [-0.05, 0) is 19.1 Å². The monoisotopic (exact) mass is 351 g/mol. The number of nitrogens with one attached hydrogen (secondary N) is 2. The molecule has 1 aromatic heterocycles. The number of ether oxygens (including phenoxy) is 2. The van der Waals surface area contributed by atoms with E-state index in [2.05, 4.69) is 42.2 Å². The molecular formula is C21H23N2O3+. The molecule has 2 aromatic rings. The molecule has 1 aromatic carbocycles. The minimum absolute atomic E-state index is 0.117. The Morgan fingerprint density at radius 1 is 1.35 bits per heavy atom. The number of piperidine rings is 1. The van der Waals surface area contributed by atoms with Gasteiger partial charge in [-0.25, -0.2) is 4.79 Å². The number of hydrogen-bond acceptors (Lipinski definition) is 3. The molecule has 0 saturated carbocycles. The zero-order chi connectivity index (χ0) is 17.8. The molecule has 1 saturated heterocycles. The fourth-order valence-corrected chi connectivity index (χ4v) is 4.91. The summed E-state index contributed by atoms with van der Waals surface area (Å²) in [6, 6.07) is 8.45. The van der Waals surface area contributed by atoms with E-state index < -0.39 is 0 Å². The van der Waals surface area contributed by atoms with Crippen molar-refractivity contribution in [2.75, 3.05) is 20.2 Å². The van der Waals surface area contributed by atoms with Crippen molar-refractivity contribution in [1.29, 1.82) is 0 Å². The number of carbonyl (C=O) groups is 1. The van der Waals surface area contributed by atoms with Crippen LogP contribution in [0.4, 0.5) is 0 Å². The van der Waals surface area contributed by atoms with Gasteiger partial charge in [0.1, 0.15) is 23.7 Å². The Kier molecular flexibility index (Phi) is 3.47. The van der Waals surface area contributed by atoms with Gasteiger partial charge in [0.25, 0.3) is 0 Å². The Morgan fingerprint density at radius 2 is 2.19 bits per heavy atom. The number of aromatic amines is 1. The Hall–Kier alpha value is -2.53. The topological polar surface area (TPSA) is 55.8 Å². The van der Waals surface area contributed by atoms with Crippen molar-refractivity contribution >= 4 is 28.6 Å². The zero-order valence-electron chi connectivity index (χ0n) is 15.0. The Labute approximate surface area is 151 Å². The van der Waals surface area contributed by atoms with Crippen LogP contribution in [0.2, 0.25) is 0 Å². The quantitative estimate of drug-likeness (QED) is 0.715. The van der Waals surface area contributed by atoms with Gasteiger partial charge in [-0.3, -0.25) is 0 Å². The van der Waals surface area contributed by atoms with Gasteiger partial charge in [0, 0.05) is 28.5 Å². The van der Waals surface area contributed by atoms with Crippen LogP contribution >= 0.6 is 0 Å². The number of esters is 1. The molecule has 0 radical (unpaired) electrons. The van der Waals surface area contributed by atoms with Crippen LogP contribution in [-0.4, -0.2) is 37.3 Å². The molecule has 134 valence electrons. The standard InChI is InChI=1S/C21H22N2O3/c1-12-16-10-23-8-7-14-13-5-3-4-6-18(13)22-20(14)19(23)9-15(16)17(11-26-12)21(24)25-2/h3-7,11-12,15-16,22H,8-10H2,1-2H3/p+1. The van der Waals surface area contributed by atoms with Crippen molar-refractivity contribution < 1.29 is 19.2 Å². The van der Waals surface area contributed by atoms with Gasteiger partial charge in [-0.2, -0.15) is 0 Å². The van der Waals surface area contributed by atoms with E-state index in [1.54, 1.807) is 6.26 Å². The fourth-order valence-electron chi connectivity index (χ4n) is 4.91. The number of quaternary nitrogens is 1. The molecule has 1 fully saturated rings. The molecular weight excluding hydrogens is 328 g/mol. The lowest BCUT2D eigenvalue weighted by atomic mass is 9.75. The summed E-state index contributed by atoms with van der Waals surface area (Å²) in [7, 11) is 1.44. The highest BCUT2D eigenvalue weighted by Crippen LogP contribution is 2.36. The van der Waals surface area contributed by atoms with E-state index in [0.717, 1.165) is 19.5 Å². The lowest BCUT2D eigenvalue weighted by Crippen LogP contribution is -3.13. The second-order valence-corrected chi connectivity index (χ2v) is 7.53. The third-order valence-electron chi connectivity index (χ3n) is 6.28. The maximum absolute atomic E-state index is 12.3. The molecule has 3 aliphatic rings. The molecule has 4 unspecified atom stereocenters. The van der Waals surface area contributed by atoms with E-state index >= 15 is 0 Å². The summed E-state index contributed by atoms with van der Waals surface area (Å²) < 4.78 is 10.8. The molecule has 5 heteroatoms. The molecule has 2 N–H and O–H groups in total. The highest BCUT2D eigenvalue weighted by molar-refractivity contribution is 5.89. The molecule has 0 spiro atoms. The fraction of sp³-hybridized carbons (Fsp3) is 0.381. The second-order valence-electron chi connectivity index (χ2n) is 7.53. The van der Waals surface area contributed by atoms with Crippen LogP contribution in [0.25, 0.3) is 22.7 Å². The number of aromatic nitrogens is 1. The first kappa shape index (κ1) is 15.7. The lowest BCUT2D eigenvalue weighted by molar-refractivity contribution is -0.830. The average molecular weight is 351 g/mol. The Balaban J connectivity index is 1.67. The van der Waals surface area contributed by atoms with Gasteiger partial charge in [-0.1, -0.05) is 18.2 Å². The molecule has 0 bridgehead atoms. The summed E-state index contributed by atoms with van der Waals surface area (Å²) in [5, 5.41) is 3.82. The molecule has 26 heavy (non-hydrogen) atoms. The van der Waals surface area contributed by atoms with Crippen LogP contribution in [0, 0.1) is 11.8 Å². The van der Waals surface area contributed by atoms with Crippen LogP contribution < -0.4 is 15.5 Å².